The molecule has 0 atom stereocenters. The number of hydrogen-bond donors (Lipinski definition) is 0. The number of nitrogens with zero attached hydrogens (tertiary/aromatic N) is 2. The summed E-state index contributed by atoms with van der Waals surface area (Å²) in [6, 6.07) is 11.3. The van der Waals surface area contributed by atoms with Crippen LogP contribution in [0.4, 0.5) is 5.69 Å². The number of sulfonamides is 1. The Morgan fingerprint density at radius 3 is 2.24 bits per heavy atom. The molecule has 29 heavy (non-hydrogen) atoms. The minimum atomic E-state index is -4.01. The van der Waals surface area contributed by atoms with Crippen LogP contribution in [0.3, 0.4) is 0 Å². The molecule has 0 bridgehead atoms. The Hall–Kier alpha value is -1.76. The average molecular weight is 455 g/mol. The largest absolute Gasteiger partial charge is 0.341 e. The third kappa shape index (κ3) is 5.05. The Balaban J connectivity index is 2.00. The fraction of sp³-hybridized carbons (Fsp3) is 0.381. The maximum absolute atomic E-state index is 13.4. The van der Waals surface area contributed by atoms with Gasteiger partial charge in [-0.05, 0) is 44.0 Å². The van der Waals surface area contributed by atoms with E-state index >= 15 is 0 Å². The van der Waals surface area contributed by atoms with Crippen LogP contribution in [0, 0.1) is 6.92 Å². The molecule has 1 amide bonds. The summed E-state index contributed by atoms with van der Waals surface area (Å²) in [6.07, 6.45) is 4.01. The number of likely N-dealkylation sites (tertiary alicyclic amines) is 1. The van der Waals surface area contributed by atoms with E-state index in [0.717, 1.165) is 35.6 Å². The zero-order valence-electron chi connectivity index (χ0n) is 16.3. The van der Waals surface area contributed by atoms with Crippen molar-refractivity contribution in [1.29, 1.82) is 0 Å². The van der Waals surface area contributed by atoms with Crippen LogP contribution in [-0.2, 0) is 14.8 Å². The second-order valence-electron chi connectivity index (χ2n) is 7.19. The van der Waals surface area contributed by atoms with E-state index < -0.39 is 10.0 Å². The summed E-state index contributed by atoms with van der Waals surface area (Å²) in [5, 5.41) is 0.337. The van der Waals surface area contributed by atoms with Crippen molar-refractivity contribution in [2.75, 3.05) is 23.9 Å². The summed E-state index contributed by atoms with van der Waals surface area (Å²) < 4.78 is 28.0. The highest BCUT2D eigenvalue weighted by Gasteiger charge is 2.31. The minimum Gasteiger partial charge on any atom is -0.341 e. The molecule has 5 nitrogen and oxygen atoms in total. The third-order valence-corrected chi connectivity index (χ3v) is 7.63. The van der Waals surface area contributed by atoms with Crippen molar-refractivity contribution >= 4 is 44.8 Å². The van der Waals surface area contributed by atoms with Crippen LogP contribution >= 0.6 is 23.2 Å². The number of rotatable bonds is 5. The zero-order chi connectivity index (χ0) is 21.0. The molecule has 2 aromatic rings. The molecule has 0 aromatic heterocycles. The Labute approximate surface area is 182 Å². The van der Waals surface area contributed by atoms with Gasteiger partial charge in [0, 0.05) is 13.1 Å². The van der Waals surface area contributed by atoms with Crippen molar-refractivity contribution in [3.05, 3.63) is 58.1 Å². The highest BCUT2D eigenvalue weighted by atomic mass is 35.5. The summed E-state index contributed by atoms with van der Waals surface area (Å²) in [5.74, 6) is -0.237. The third-order valence-electron chi connectivity index (χ3n) is 5.05. The van der Waals surface area contributed by atoms with Crippen molar-refractivity contribution < 1.29 is 13.2 Å². The van der Waals surface area contributed by atoms with Gasteiger partial charge in [0.2, 0.25) is 5.91 Å². The van der Waals surface area contributed by atoms with Gasteiger partial charge in [-0.1, -0.05) is 59.8 Å². The maximum atomic E-state index is 13.4. The van der Waals surface area contributed by atoms with Crippen LogP contribution in [0.25, 0.3) is 0 Å². The van der Waals surface area contributed by atoms with E-state index in [1.54, 1.807) is 35.2 Å². The van der Waals surface area contributed by atoms with Gasteiger partial charge in [0.1, 0.15) is 6.54 Å². The van der Waals surface area contributed by atoms with Crippen LogP contribution in [0.1, 0.15) is 31.2 Å². The summed E-state index contributed by atoms with van der Waals surface area (Å²) in [4.78, 5) is 14.8. The monoisotopic (exact) mass is 454 g/mol. The van der Waals surface area contributed by atoms with E-state index in [4.69, 9.17) is 23.2 Å². The summed E-state index contributed by atoms with van der Waals surface area (Å²) in [6.45, 7) is 2.84. The molecule has 2 aromatic carbocycles. The number of hydrogen-bond acceptors (Lipinski definition) is 3. The second-order valence-corrected chi connectivity index (χ2v) is 9.84. The molecule has 0 unspecified atom stereocenters. The first-order chi connectivity index (χ1) is 13.8. The summed E-state index contributed by atoms with van der Waals surface area (Å²) >= 11 is 12.5. The van der Waals surface area contributed by atoms with Crippen LogP contribution in [0.15, 0.2) is 47.4 Å². The van der Waals surface area contributed by atoms with E-state index in [0.29, 0.717) is 13.1 Å². The number of carbonyl (C=O) groups excluding carboxylic acids is 1. The van der Waals surface area contributed by atoms with Gasteiger partial charge >= 0.3 is 0 Å². The second kappa shape index (κ2) is 9.37. The van der Waals surface area contributed by atoms with E-state index in [1.807, 2.05) is 6.92 Å². The van der Waals surface area contributed by atoms with Gasteiger partial charge in [0.05, 0.1) is 20.6 Å². The molecule has 0 N–H and O–H groups in total. The first-order valence-corrected chi connectivity index (χ1v) is 11.8. The summed E-state index contributed by atoms with van der Waals surface area (Å²) in [7, 11) is -4.01. The molecule has 1 saturated heterocycles. The van der Waals surface area contributed by atoms with E-state index in [-0.39, 0.29) is 33.1 Å². The molecule has 1 aliphatic rings. The molecular formula is C21H24Cl2N2O3S. The Morgan fingerprint density at radius 2 is 1.62 bits per heavy atom. The lowest BCUT2D eigenvalue weighted by Gasteiger charge is -2.28. The van der Waals surface area contributed by atoms with Crippen LogP contribution in [0.2, 0.25) is 10.0 Å². The molecule has 156 valence electrons. The molecule has 0 radical (unpaired) electrons. The summed E-state index contributed by atoms with van der Waals surface area (Å²) in [5.41, 5.74) is 1.14. The first-order valence-electron chi connectivity index (χ1n) is 9.62. The fourth-order valence-electron chi connectivity index (χ4n) is 3.37. The van der Waals surface area contributed by atoms with Crippen LogP contribution < -0.4 is 4.31 Å². The van der Waals surface area contributed by atoms with Crippen molar-refractivity contribution in [2.24, 2.45) is 0 Å². The van der Waals surface area contributed by atoms with Crippen molar-refractivity contribution in [1.82, 2.24) is 4.90 Å². The van der Waals surface area contributed by atoms with E-state index in [9.17, 15) is 13.2 Å². The van der Waals surface area contributed by atoms with Gasteiger partial charge in [-0.3, -0.25) is 9.10 Å². The lowest BCUT2D eigenvalue weighted by Crippen LogP contribution is -2.43. The lowest BCUT2D eigenvalue weighted by atomic mass is 10.2. The van der Waals surface area contributed by atoms with Crippen LogP contribution in [-0.4, -0.2) is 38.9 Å². The normalized spacial score (nSPS) is 15.1. The Morgan fingerprint density at radius 1 is 1.00 bits per heavy atom. The fourth-order valence-corrected chi connectivity index (χ4v) is 5.24. The van der Waals surface area contributed by atoms with Crippen molar-refractivity contribution in [3.63, 3.8) is 0 Å². The number of halogens is 2. The minimum absolute atomic E-state index is 0.0998. The van der Waals surface area contributed by atoms with E-state index in [2.05, 4.69) is 0 Å². The maximum Gasteiger partial charge on any atom is 0.264 e. The number of aryl methyl sites for hydroxylation is 1. The lowest BCUT2D eigenvalue weighted by molar-refractivity contribution is -0.129. The highest BCUT2D eigenvalue weighted by Crippen LogP contribution is 2.35. The van der Waals surface area contributed by atoms with E-state index in [1.165, 1.54) is 12.1 Å². The number of benzene rings is 2. The molecule has 0 spiro atoms. The molecule has 0 aliphatic carbocycles. The van der Waals surface area contributed by atoms with Gasteiger partial charge in [0.15, 0.2) is 0 Å². The van der Waals surface area contributed by atoms with Gasteiger partial charge < -0.3 is 4.90 Å². The number of anilines is 1. The van der Waals surface area contributed by atoms with Crippen molar-refractivity contribution in [3.8, 4) is 0 Å². The molecule has 0 saturated carbocycles. The predicted octanol–water partition coefficient (Wildman–Crippen LogP) is 4.90. The topological polar surface area (TPSA) is 57.7 Å². The molecule has 3 rings (SSSR count). The van der Waals surface area contributed by atoms with Crippen LogP contribution in [0.5, 0.6) is 0 Å². The van der Waals surface area contributed by atoms with Gasteiger partial charge in [0.25, 0.3) is 10.0 Å². The Bertz CT molecular complexity index is 970. The SMILES string of the molecule is Cc1ccc(S(=O)(=O)N(CC(=O)N2CCCCCC2)c2cccc(Cl)c2Cl)cc1. The number of carbonyl (C=O) groups is 1. The molecule has 1 aliphatic heterocycles. The molecule has 1 heterocycles. The predicted molar refractivity (Wildman–Crippen MR) is 117 cm³/mol. The van der Waals surface area contributed by atoms with Gasteiger partial charge in [-0.25, -0.2) is 8.42 Å². The first kappa shape index (κ1) is 21.9. The average Bonchev–Trinajstić information content (AvgIpc) is 2.98. The highest BCUT2D eigenvalue weighted by molar-refractivity contribution is 7.92. The van der Waals surface area contributed by atoms with Gasteiger partial charge in [-0.15, -0.1) is 0 Å². The Kier molecular flexibility index (Phi) is 7.09. The molecule has 8 heteroatoms. The zero-order valence-corrected chi connectivity index (χ0v) is 18.6. The van der Waals surface area contributed by atoms with Gasteiger partial charge in [-0.2, -0.15) is 0 Å². The smallest absolute Gasteiger partial charge is 0.264 e. The number of amides is 1. The quantitative estimate of drug-likeness (QED) is 0.645. The molecule has 1 fully saturated rings. The molecular weight excluding hydrogens is 431 g/mol. The van der Waals surface area contributed by atoms with Crippen molar-refractivity contribution in [2.45, 2.75) is 37.5 Å². The standard InChI is InChI=1S/C21H24Cl2N2O3S/c1-16-9-11-17(12-10-16)29(27,28)25(19-8-6-7-18(22)21(19)23)15-20(26)24-13-4-2-3-5-14-24/h6-12H,2-5,13-15H2,1H3.